The third-order valence-corrected chi connectivity index (χ3v) is 2.88. The number of carbonyl (C=O) groups excluding carboxylic acids is 1. The summed E-state index contributed by atoms with van der Waals surface area (Å²) in [5.41, 5.74) is 4.62. The van der Waals surface area contributed by atoms with Crippen LogP contribution in [-0.2, 0) is 4.79 Å². The maximum absolute atomic E-state index is 13.3. The molecule has 108 valence electrons. The van der Waals surface area contributed by atoms with Gasteiger partial charge in [-0.25, -0.2) is 9.82 Å². The van der Waals surface area contributed by atoms with Gasteiger partial charge < -0.3 is 5.32 Å². The van der Waals surface area contributed by atoms with Gasteiger partial charge in [-0.05, 0) is 24.6 Å². The maximum Gasteiger partial charge on any atom is 0.259 e. The maximum atomic E-state index is 13.3. The van der Waals surface area contributed by atoms with Crippen molar-refractivity contribution in [3.8, 4) is 0 Å². The Morgan fingerprint density at radius 2 is 1.90 bits per heavy atom. The van der Waals surface area contributed by atoms with Crippen LogP contribution in [0.2, 0.25) is 0 Å². The minimum absolute atomic E-state index is 0.0967. The standard InChI is InChI=1S/C16H16FN3O/c1-12-6-2-5-9-15(12)18-11-16(21)20-19-10-13-7-3-4-8-14(13)17/h2-10,18H,11H2,1H3,(H,20,21)/b19-10-. The minimum atomic E-state index is -0.381. The largest absolute Gasteiger partial charge is 0.376 e. The number of benzene rings is 2. The minimum Gasteiger partial charge on any atom is -0.376 e. The molecule has 2 rings (SSSR count). The Morgan fingerprint density at radius 3 is 2.67 bits per heavy atom. The second kappa shape index (κ2) is 7.19. The zero-order valence-electron chi connectivity index (χ0n) is 11.6. The molecule has 2 N–H and O–H groups in total. The molecule has 0 heterocycles. The van der Waals surface area contributed by atoms with Crippen molar-refractivity contribution in [3.63, 3.8) is 0 Å². The average molecular weight is 285 g/mol. The van der Waals surface area contributed by atoms with E-state index in [1.807, 2.05) is 31.2 Å². The summed E-state index contributed by atoms with van der Waals surface area (Å²) < 4.78 is 13.3. The number of anilines is 1. The van der Waals surface area contributed by atoms with E-state index in [4.69, 9.17) is 0 Å². The van der Waals surface area contributed by atoms with E-state index in [2.05, 4.69) is 15.8 Å². The van der Waals surface area contributed by atoms with Gasteiger partial charge in [0.2, 0.25) is 0 Å². The second-order valence-corrected chi connectivity index (χ2v) is 4.48. The van der Waals surface area contributed by atoms with E-state index in [0.29, 0.717) is 5.56 Å². The van der Waals surface area contributed by atoms with E-state index in [0.717, 1.165) is 11.3 Å². The lowest BCUT2D eigenvalue weighted by atomic mass is 10.2. The fourth-order valence-corrected chi connectivity index (χ4v) is 1.74. The molecule has 0 saturated carbocycles. The van der Waals surface area contributed by atoms with Gasteiger partial charge in [-0.1, -0.05) is 36.4 Å². The first-order valence-electron chi connectivity index (χ1n) is 6.53. The number of hydrogen-bond acceptors (Lipinski definition) is 3. The number of hydrazone groups is 1. The SMILES string of the molecule is Cc1ccccc1NCC(=O)N/N=C\c1ccccc1F. The van der Waals surface area contributed by atoms with Crippen LogP contribution in [-0.4, -0.2) is 18.7 Å². The zero-order valence-corrected chi connectivity index (χ0v) is 11.6. The highest BCUT2D eigenvalue weighted by molar-refractivity contribution is 5.84. The smallest absolute Gasteiger partial charge is 0.259 e. The highest BCUT2D eigenvalue weighted by Gasteiger charge is 2.01. The van der Waals surface area contributed by atoms with Crippen molar-refractivity contribution in [2.75, 3.05) is 11.9 Å². The van der Waals surface area contributed by atoms with Crippen LogP contribution < -0.4 is 10.7 Å². The predicted molar refractivity (Wildman–Crippen MR) is 81.8 cm³/mol. The van der Waals surface area contributed by atoms with E-state index >= 15 is 0 Å². The summed E-state index contributed by atoms with van der Waals surface area (Å²) >= 11 is 0. The van der Waals surface area contributed by atoms with Crippen LogP contribution in [0.25, 0.3) is 0 Å². The topological polar surface area (TPSA) is 53.5 Å². The fourth-order valence-electron chi connectivity index (χ4n) is 1.74. The summed E-state index contributed by atoms with van der Waals surface area (Å²) in [6, 6.07) is 13.9. The van der Waals surface area contributed by atoms with Gasteiger partial charge in [-0.3, -0.25) is 4.79 Å². The molecule has 0 aliphatic rings. The summed E-state index contributed by atoms with van der Waals surface area (Å²) in [6.07, 6.45) is 1.28. The van der Waals surface area contributed by atoms with E-state index in [-0.39, 0.29) is 18.3 Å². The normalized spacial score (nSPS) is 10.6. The zero-order chi connectivity index (χ0) is 15.1. The highest BCUT2D eigenvalue weighted by atomic mass is 19.1. The van der Waals surface area contributed by atoms with Crippen molar-refractivity contribution >= 4 is 17.8 Å². The number of rotatable bonds is 5. The molecule has 2 aromatic rings. The van der Waals surface area contributed by atoms with Gasteiger partial charge in [0.1, 0.15) is 5.82 Å². The number of aryl methyl sites for hydroxylation is 1. The molecule has 21 heavy (non-hydrogen) atoms. The van der Waals surface area contributed by atoms with Crippen LogP contribution >= 0.6 is 0 Å². The van der Waals surface area contributed by atoms with Crippen molar-refractivity contribution in [1.82, 2.24) is 5.43 Å². The molecule has 0 bridgehead atoms. The monoisotopic (exact) mass is 285 g/mol. The summed E-state index contributed by atoms with van der Waals surface area (Å²) in [6.45, 7) is 2.05. The Morgan fingerprint density at radius 1 is 1.19 bits per heavy atom. The Hall–Kier alpha value is -2.69. The molecule has 0 fully saturated rings. The number of halogens is 1. The highest BCUT2D eigenvalue weighted by Crippen LogP contribution is 2.12. The third kappa shape index (κ3) is 4.42. The molecule has 0 spiro atoms. The molecule has 0 unspecified atom stereocenters. The Kier molecular flexibility index (Phi) is 5.04. The van der Waals surface area contributed by atoms with Gasteiger partial charge in [0.25, 0.3) is 5.91 Å². The second-order valence-electron chi connectivity index (χ2n) is 4.48. The molecule has 0 atom stereocenters. The van der Waals surface area contributed by atoms with E-state index in [9.17, 15) is 9.18 Å². The molecule has 0 aliphatic carbocycles. The van der Waals surface area contributed by atoms with Crippen molar-refractivity contribution in [2.24, 2.45) is 5.10 Å². The van der Waals surface area contributed by atoms with Crippen molar-refractivity contribution in [2.45, 2.75) is 6.92 Å². The molecule has 0 radical (unpaired) electrons. The number of carbonyl (C=O) groups is 1. The van der Waals surface area contributed by atoms with Crippen LogP contribution in [0.3, 0.4) is 0 Å². The average Bonchev–Trinajstić information content (AvgIpc) is 2.48. The number of nitrogens with zero attached hydrogens (tertiary/aromatic N) is 1. The summed E-state index contributed by atoms with van der Waals surface area (Å²) in [7, 11) is 0. The van der Waals surface area contributed by atoms with Gasteiger partial charge >= 0.3 is 0 Å². The first-order valence-corrected chi connectivity index (χ1v) is 6.53. The van der Waals surface area contributed by atoms with Gasteiger partial charge in [-0.2, -0.15) is 5.10 Å². The lowest BCUT2D eigenvalue weighted by Crippen LogP contribution is -2.26. The molecule has 2 aromatic carbocycles. The Labute approximate surface area is 122 Å². The first kappa shape index (κ1) is 14.7. The fraction of sp³-hybridized carbons (Fsp3) is 0.125. The molecule has 0 aliphatic heterocycles. The van der Waals surface area contributed by atoms with Crippen LogP contribution in [0.1, 0.15) is 11.1 Å². The molecule has 0 saturated heterocycles. The number of nitrogens with one attached hydrogen (secondary N) is 2. The lowest BCUT2D eigenvalue weighted by molar-refractivity contribution is -0.119. The molecule has 4 nitrogen and oxygen atoms in total. The van der Waals surface area contributed by atoms with Crippen LogP contribution in [0.15, 0.2) is 53.6 Å². The quantitative estimate of drug-likeness (QED) is 0.655. The number of para-hydroxylation sites is 1. The Balaban J connectivity index is 1.83. The predicted octanol–water partition coefficient (Wildman–Crippen LogP) is 2.70. The molecule has 0 aromatic heterocycles. The molecule has 1 amide bonds. The lowest BCUT2D eigenvalue weighted by Gasteiger charge is -2.07. The molecule has 5 heteroatoms. The molecular weight excluding hydrogens is 269 g/mol. The van der Waals surface area contributed by atoms with E-state index in [1.165, 1.54) is 12.3 Å². The van der Waals surface area contributed by atoms with Crippen LogP contribution in [0.4, 0.5) is 10.1 Å². The number of hydrogen-bond donors (Lipinski definition) is 2. The first-order chi connectivity index (χ1) is 10.2. The van der Waals surface area contributed by atoms with Crippen LogP contribution in [0, 0.1) is 12.7 Å². The van der Waals surface area contributed by atoms with Crippen molar-refractivity contribution in [3.05, 3.63) is 65.5 Å². The van der Waals surface area contributed by atoms with E-state index in [1.54, 1.807) is 18.2 Å². The summed E-state index contributed by atoms with van der Waals surface area (Å²) in [5.74, 6) is -0.681. The van der Waals surface area contributed by atoms with Gasteiger partial charge in [-0.15, -0.1) is 0 Å². The third-order valence-electron chi connectivity index (χ3n) is 2.88. The van der Waals surface area contributed by atoms with Crippen LogP contribution in [0.5, 0.6) is 0 Å². The summed E-state index contributed by atoms with van der Waals surface area (Å²) in [4.78, 5) is 11.6. The van der Waals surface area contributed by atoms with Gasteiger partial charge in [0, 0.05) is 11.3 Å². The Bertz CT molecular complexity index is 655. The van der Waals surface area contributed by atoms with Crippen molar-refractivity contribution in [1.29, 1.82) is 0 Å². The van der Waals surface area contributed by atoms with Gasteiger partial charge in [0.05, 0.1) is 12.8 Å². The summed E-state index contributed by atoms with van der Waals surface area (Å²) in [5, 5.41) is 6.75. The number of amides is 1. The van der Waals surface area contributed by atoms with Gasteiger partial charge in [0.15, 0.2) is 0 Å². The van der Waals surface area contributed by atoms with E-state index < -0.39 is 0 Å². The molecular formula is C16H16FN3O. The van der Waals surface area contributed by atoms with Crippen molar-refractivity contribution < 1.29 is 9.18 Å².